The molecule has 0 unspecified atom stereocenters. The Morgan fingerprint density at radius 2 is 1.97 bits per heavy atom. The van der Waals surface area contributed by atoms with Gasteiger partial charge in [-0.1, -0.05) is 18.2 Å². The molecular formula is C22H28N6O. The summed E-state index contributed by atoms with van der Waals surface area (Å²) >= 11 is 0. The van der Waals surface area contributed by atoms with E-state index in [-0.39, 0.29) is 5.91 Å². The Balaban J connectivity index is 1.27. The number of anilines is 2. The van der Waals surface area contributed by atoms with Gasteiger partial charge in [0.1, 0.15) is 5.82 Å². The molecule has 152 valence electrons. The molecule has 1 aliphatic rings. The Bertz CT molecular complexity index is 976. The van der Waals surface area contributed by atoms with E-state index < -0.39 is 0 Å². The number of carbonyl (C=O) groups excluding carboxylic acids is 1. The predicted molar refractivity (Wildman–Crippen MR) is 116 cm³/mol. The third-order valence-corrected chi connectivity index (χ3v) is 5.28. The number of benzene rings is 1. The number of piperidine rings is 1. The molecule has 2 aromatic heterocycles. The second kappa shape index (κ2) is 8.94. The van der Waals surface area contributed by atoms with Crippen molar-refractivity contribution in [1.29, 1.82) is 0 Å². The third-order valence-electron chi connectivity index (χ3n) is 5.28. The Labute approximate surface area is 170 Å². The summed E-state index contributed by atoms with van der Waals surface area (Å²) in [5.41, 5.74) is 3.02. The number of fused-ring (bicyclic) bond motifs is 1. The SMILES string of the molecule is Cc1cc(N2CCCCC2)nc(NCCNC(=O)Cc2c[nH]c3ccccc23)n1. The number of nitrogens with one attached hydrogen (secondary N) is 3. The fraction of sp³-hybridized carbons (Fsp3) is 0.409. The van der Waals surface area contributed by atoms with E-state index >= 15 is 0 Å². The third kappa shape index (κ3) is 4.85. The van der Waals surface area contributed by atoms with Crippen molar-refractivity contribution in [3.63, 3.8) is 0 Å². The maximum Gasteiger partial charge on any atom is 0.224 e. The molecular weight excluding hydrogens is 364 g/mol. The summed E-state index contributed by atoms with van der Waals surface area (Å²) in [5, 5.41) is 7.30. The van der Waals surface area contributed by atoms with E-state index in [1.54, 1.807) is 0 Å². The molecule has 7 nitrogen and oxygen atoms in total. The highest BCUT2D eigenvalue weighted by Crippen LogP contribution is 2.20. The lowest BCUT2D eigenvalue weighted by atomic mass is 10.1. The fourth-order valence-corrected chi connectivity index (χ4v) is 3.81. The van der Waals surface area contributed by atoms with E-state index in [2.05, 4.69) is 30.5 Å². The molecule has 3 aromatic rings. The smallest absolute Gasteiger partial charge is 0.224 e. The van der Waals surface area contributed by atoms with Crippen LogP contribution in [0.15, 0.2) is 36.5 Å². The number of amides is 1. The van der Waals surface area contributed by atoms with Crippen LogP contribution in [0.3, 0.4) is 0 Å². The Morgan fingerprint density at radius 1 is 1.14 bits per heavy atom. The summed E-state index contributed by atoms with van der Waals surface area (Å²) in [6, 6.07) is 10.1. The quantitative estimate of drug-likeness (QED) is 0.538. The Kier molecular flexibility index (Phi) is 5.93. The van der Waals surface area contributed by atoms with Gasteiger partial charge in [0, 0.05) is 55.0 Å². The maximum atomic E-state index is 12.3. The molecule has 0 radical (unpaired) electrons. The average Bonchev–Trinajstić information content (AvgIpc) is 3.14. The number of H-pyrrole nitrogens is 1. The van der Waals surface area contributed by atoms with E-state index in [9.17, 15) is 4.79 Å². The normalized spacial score (nSPS) is 14.2. The van der Waals surface area contributed by atoms with Crippen LogP contribution in [0.1, 0.15) is 30.5 Å². The van der Waals surface area contributed by atoms with Crippen molar-refractivity contribution in [3.05, 3.63) is 47.8 Å². The van der Waals surface area contributed by atoms with Crippen molar-refractivity contribution >= 4 is 28.6 Å². The summed E-state index contributed by atoms with van der Waals surface area (Å²) in [6.45, 7) is 5.21. The zero-order valence-corrected chi connectivity index (χ0v) is 16.9. The van der Waals surface area contributed by atoms with Gasteiger partial charge in [0.05, 0.1) is 6.42 Å². The van der Waals surface area contributed by atoms with Crippen molar-refractivity contribution in [1.82, 2.24) is 20.3 Å². The number of aromatic amines is 1. The minimum atomic E-state index is 0.00993. The Hall–Kier alpha value is -3.09. The second-order valence-electron chi connectivity index (χ2n) is 7.55. The summed E-state index contributed by atoms with van der Waals surface area (Å²) in [4.78, 5) is 27.0. The first-order valence-corrected chi connectivity index (χ1v) is 10.4. The molecule has 1 aromatic carbocycles. The van der Waals surface area contributed by atoms with Gasteiger partial charge in [0.2, 0.25) is 11.9 Å². The van der Waals surface area contributed by atoms with Gasteiger partial charge in [-0.15, -0.1) is 0 Å². The first-order chi connectivity index (χ1) is 14.2. The monoisotopic (exact) mass is 392 g/mol. The number of para-hydroxylation sites is 1. The molecule has 3 heterocycles. The van der Waals surface area contributed by atoms with Crippen LogP contribution < -0.4 is 15.5 Å². The summed E-state index contributed by atoms with van der Waals surface area (Å²) in [6.07, 6.45) is 6.00. The first kappa shape index (κ1) is 19.2. The van der Waals surface area contributed by atoms with Gasteiger partial charge < -0.3 is 20.5 Å². The Morgan fingerprint density at radius 3 is 2.83 bits per heavy atom. The van der Waals surface area contributed by atoms with E-state index in [4.69, 9.17) is 0 Å². The molecule has 1 saturated heterocycles. The molecule has 1 amide bonds. The first-order valence-electron chi connectivity index (χ1n) is 10.4. The summed E-state index contributed by atoms with van der Waals surface area (Å²) in [5.74, 6) is 1.62. The van der Waals surface area contributed by atoms with Gasteiger partial charge in [0.15, 0.2) is 0 Å². The van der Waals surface area contributed by atoms with Crippen LogP contribution in [-0.2, 0) is 11.2 Å². The predicted octanol–water partition coefficient (Wildman–Crippen LogP) is 3.03. The van der Waals surface area contributed by atoms with Crippen molar-refractivity contribution < 1.29 is 4.79 Å². The molecule has 0 bridgehead atoms. The topological polar surface area (TPSA) is 85.9 Å². The molecule has 7 heteroatoms. The van der Waals surface area contributed by atoms with E-state index in [0.717, 1.165) is 41.1 Å². The molecule has 0 saturated carbocycles. The molecule has 3 N–H and O–H groups in total. The van der Waals surface area contributed by atoms with E-state index in [1.807, 2.05) is 43.5 Å². The number of aromatic nitrogens is 3. The van der Waals surface area contributed by atoms with Crippen LogP contribution in [0.5, 0.6) is 0 Å². The highest BCUT2D eigenvalue weighted by atomic mass is 16.1. The van der Waals surface area contributed by atoms with Crippen LogP contribution in [-0.4, -0.2) is 47.0 Å². The molecule has 29 heavy (non-hydrogen) atoms. The second-order valence-corrected chi connectivity index (χ2v) is 7.55. The number of hydrogen-bond acceptors (Lipinski definition) is 5. The lowest BCUT2D eigenvalue weighted by Gasteiger charge is -2.28. The minimum Gasteiger partial charge on any atom is -0.361 e. The molecule has 1 fully saturated rings. The van der Waals surface area contributed by atoms with Gasteiger partial charge in [-0.25, -0.2) is 4.98 Å². The zero-order chi connectivity index (χ0) is 20.1. The summed E-state index contributed by atoms with van der Waals surface area (Å²) in [7, 11) is 0. The van der Waals surface area contributed by atoms with Crippen LogP contribution >= 0.6 is 0 Å². The minimum absolute atomic E-state index is 0.00993. The number of aryl methyl sites for hydroxylation is 1. The van der Waals surface area contributed by atoms with E-state index in [1.165, 1.54) is 19.3 Å². The van der Waals surface area contributed by atoms with Crippen LogP contribution in [0.2, 0.25) is 0 Å². The number of rotatable bonds is 7. The number of nitrogens with zero attached hydrogens (tertiary/aromatic N) is 3. The average molecular weight is 393 g/mol. The zero-order valence-electron chi connectivity index (χ0n) is 16.9. The molecule has 0 aliphatic carbocycles. The van der Waals surface area contributed by atoms with Crippen LogP contribution in [0.25, 0.3) is 10.9 Å². The van der Waals surface area contributed by atoms with Gasteiger partial charge in [0.25, 0.3) is 0 Å². The lowest BCUT2D eigenvalue weighted by Crippen LogP contribution is -2.31. The fourth-order valence-electron chi connectivity index (χ4n) is 3.81. The molecule has 0 spiro atoms. The molecule has 4 rings (SSSR count). The van der Waals surface area contributed by atoms with Gasteiger partial charge in [-0.05, 0) is 37.8 Å². The van der Waals surface area contributed by atoms with Crippen LogP contribution in [0.4, 0.5) is 11.8 Å². The molecule has 1 aliphatic heterocycles. The highest BCUT2D eigenvalue weighted by molar-refractivity contribution is 5.88. The largest absolute Gasteiger partial charge is 0.361 e. The lowest BCUT2D eigenvalue weighted by molar-refractivity contribution is -0.120. The van der Waals surface area contributed by atoms with Crippen molar-refractivity contribution in [2.24, 2.45) is 0 Å². The number of carbonyl (C=O) groups is 1. The standard InChI is InChI=1S/C22H28N6O/c1-16-13-20(28-11-5-2-6-12-28)27-22(26-16)24-10-9-23-21(29)14-17-15-25-19-8-4-3-7-18(17)19/h3-4,7-8,13,15,25H,2,5-6,9-12,14H2,1H3,(H,23,29)(H,24,26,27). The summed E-state index contributed by atoms with van der Waals surface area (Å²) < 4.78 is 0. The highest BCUT2D eigenvalue weighted by Gasteiger charge is 2.14. The van der Waals surface area contributed by atoms with Crippen LogP contribution in [0, 0.1) is 6.92 Å². The van der Waals surface area contributed by atoms with Crippen molar-refractivity contribution in [2.45, 2.75) is 32.6 Å². The van der Waals surface area contributed by atoms with Crippen molar-refractivity contribution in [2.75, 3.05) is 36.4 Å². The van der Waals surface area contributed by atoms with Gasteiger partial charge in [-0.3, -0.25) is 4.79 Å². The number of hydrogen-bond donors (Lipinski definition) is 3. The maximum absolute atomic E-state index is 12.3. The molecule has 0 atom stereocenters. The van der Waals surface area contributed by atoms with E-state index in [0.29, 0.717) is 25.5 Å². The van der Waals surface area contributed by atoms with Crippen molar-refractivity contribution in [3.8, 4) is 0 Å². The van der Waals surface area contributed by atoms with Gasteiger partial charge in [-0.2, -0.15) is 4.98 Å². The van der Waals surface area contributed by atoms with Gasteiger partial charge >= 0.3 is 0 Å².